The third-order valence-electron chi connectivity index (χ3n) is 13.3. The van der Waals surface area contributed by atoms with E-state index in [1.54, 1.807) is 58.0 Å². The van der Waals surface area contributed by atoms with Crippen LogP contribution in [0, 0.1) is 17.8 Å². The zero-order chi connectivity index (χ0) is 55.7. The lowest BCUT2D eigenvalue weighted by molar-refractivity contribution is -0.149. The molecule has 4 rings (SSSR count). The first-order chi connectivity index (χ1) is 35.4. The van der Waals surface area contributed by atoms with Gasteiger partial charge in [-0.1, -0.05) is 84.0 Å². The molecule has 2 aromatic carbocycles. The first-order valence-electron chi connectivity index (χ1n) is 25.5. The maximum absolute atomic E-state index is 14.6. The van der Waals surface area contributed by atoms with Crippen molar-refractivity contribution in [3.63, 3.8) is 0 Å². The van der Waals surface area contributed by atoms with Crippen molar-refractivity contribution in [3.8, 4) is 5.75 Å². The van der Waals surface area contributed by atoms with Gasteiger partial charge in [0.1, 0.15) is 54.1 Å². The second-order valence-electron chi connectivity index (χ2n) is 20.3. The number of benzene rings is 2. The fourth-order valence-corrected chi connectivity index (χ4v) is 8.95. The van der Waals surface area contributed by atoms with Gasteiger partial charge in [0, 0.05) is 32.4 Å². The summed E-state index contributed by atoms with van der Waals surface area (Å²) in [5, 5.41) is 54.9. The van der Waals surface area contributed by atoms with Crippen LogP contribution in [0.1, 0.15) is 97.6 Å². The summed E-state index contributed by atoms with van der Waals surface area (Å²) < 4.78 is 0. The third-order valence-corrected chi connectivity index (χ3v) is 13.3. The van der Waals surface area contributed by atoms with Crippen molar-refractivity contribution < 1.29 is 68.4 Å². The number of carboxylic acid groups (broad SMARTS) is 2. The molecule has 23 heteroatoms. The topological polar surface area (TPSA) is 356 Å². The molecule has 9 unspecified atom stereocenters. The number of carbonyl (C=O) groups excluding carboxylic acids is 8. The minimum Gasteiger partial charge on any atom is -0.508 e. The van der Waals surface area contributed by atoms with Gasteiger partial charge in [0.15, 0.2) is 0 Å². The van der Waals surface area contributed by atoms with Gasteiger partial charge < -0.3 is 67.9 Å². The Kier molecular flexibility index (Phi) is 23.0. The molecule has 0 spiro atoms. The standard InChI is InChI=1S/C52H75N9O14/c1-28(2)24-35(45(67)57-37(26-31-12-8-7-9-13-31)50(72)61-23-11-15-40(61)52(74)75)56-48(70)39-14-10-22-60(39)51(73)43(30(5)6)59-46(68)36(25-32-16-18-33(63)19-17-32)55-47(69)38(27-62)58-44(66)34(20-21-41(64)65)54-49(71)42(53)29(3)4/h7-9,12-13,16-19,28-30,34-40,42-43,62-63H,10-11,14-15,20-27,53H2,1-6H3,(H,54,71)(H,55,69)(H,56,70)(H,57,67)(H,58,66)(H,59,68)(H,64,65)(H,74,75). The van der Waals surface area contributed by atoms with Crippen LogP contribution in [0.25, 0.3) is 0 Å². The molecule has 0 aromatic heterocycles. The number of nitrogens with two attached hydrogens (primary N) is 1. The van der Waals surface area contributed by atoms with Crippen LogP contribution in [0.15, 0.2) is 54.6 Å². The van der Waals surface area contributed by atoms with Crippen LogP contribution in [0.4, 0.5) is 0 Å². The highest BCUT2D eigenvalue weighted by molar-refractivity contribution is 5.98. The van der Waals surface area contributed by atoms with Gasteiger partial charge in [-0.2, -0.15) is 0 Å². The smallest absolute Gasteiger partial charge is 0.326 e. The summed E-state index contributed by atoms with van der Waals surface area (Å²) in [4.78, 5) is 138. The zero-order valence-corrected chi connectivity index (χ0v) is 43.5. The van der Waals surface area contributed by atoms with Crippen molar-refractivity contribution in [2.45, 2.75) is 154 Å². The van der Waals surface area contributed by atoms with E-state index in [4.69, 9.17) is 5.73 Å². The second-order valence-corrected chi connectivity index (χ2v) is 20.3. The molecule has 9 atom stereocenters. The number of hydrogen-bond acceptors (Lipinski definition) is 13. The Labute approximate surface area is 436 Å². The van der Waals surface area contributed by atoms with E-state index in [0.717, 1.165) is 0 Å². The van der Waals surface area contributed by atoms with Crippen molar-refractivity contribution in [3.05, 3.63) is 65.7 Å². The molecule has 0 saturated carbocycles. The number of likely N-dealkylation sites (tertiary alicyclic amines) is 2. The van der Waals surface area contributed by atoms with E-state index in [1.165, 1.54) is 34.1 Å². The molecule has 2 aromatic rings. The fraction of sp³-hybridized carbons (Fsp3) is 0.577. The molecule has 2 saturated heterocycles. The molecule has 23 nitrogen and oxygen atoms in total. The average molecular weight is 1050 g/mol. The summed E-state index contributed by atoms with van der Waals surface area (Å²) >= 11 is 0. The summed E-state index contributed by atoms with van der Waals surface area (Å²) in [6, 6.07) is 3.04. The fourth-order valence-electron chi connectivity index (χ4n) is 8.95. The van der Waals surface area contributed by atoms with Gasteiger partial charge in [-0.15, -0.1) is 0 Å². The zero-order valence-electron chi connectivity index (χ0n) is 43.5. The Morgan fingerprint density at radius 3 is 1.65 bits per heavy atom. The number of nitrogens with one attached hydrogen (secondary N) is 6. The largest absolute Gasteiger partial charge is 0.508 e. The minimum atomic E-state index is -1.73. The molecule has 75 heavy (non-hydrogen) atoms. The maximum atomic E-state index is 14.6. The van der Waals surface area contributed by atoms with E-state index in [9.17, 15) is 68.4 Å². The molecule has 8 amide bonds. The predicted octanol–water partition coefficient (Wildman–Crippen LogP) is -0.305. The average Bonchev–Trinajstić information content (AvgIpc) is 4.07. The van der Waals surface area contributed by atoms with Gasteiger partial charge in [0.05, 0.1) is 12.6 Å². The molecule has 2 aliphatic heterocycles. The summed E-state index contributed by atoms with van der Waals surface area (Å²) in [5.41, 5.74) is 7.08. The molecule has 0 aliphatic carbocycles. The Morgan fingerprint density at radius 1 is 0.587 bits per heavy atom. The van der Waals surface area contributed by atoms with Crippen LogP contribution in [0.3, 0.4) is 0 Å². The highest BCUT2D eigenvalue weighted by Crippen LogP contribution is 2.23. The van der Waals surface area contributed by atoms with Gasteiger partial charge in [0.25, 0.3) is 0 Å². The normalized spacial score (nSPS) is 18.2. The van der Waals surface area contributed by atoms with Crippen LogP contribution in [-0.2, 0) is 60.8 Å². The number of rotatable bonds is 27. The Balaban J connectivity index is 1.54. The van der Waals surface area contributed by atoms with Crippen LogP contribution >= 0.6 is 0 Å². The number of aliphatic hydroxyl groups is 1. The Hall–Kier alpha value is -7.14. The van der Waals surface area contributed by atoms with Gasteiger partial charge in [-0.25, -0.2) is 4.79 Å². The number of carboxylic acids is 2. The number of aromatic hydroxyl groups is 1. The van der Waals surface area contributed by atoms with Crippen LogP contribution in [0.5, 0.6) is 5.75 Å². The van der Waals surface area contributed by atoms with Gasteiger partial charge >= 0.3 is 11.9 Å². The van der Waals surface area contributed by atoms with Crippen LogP contribution < -0.4 is 37.6 Å². The molecule has 12 N–H and O–H groups in total. The molecule has 0 radical (unpaired) electrons. The van der Waals surface area contributed by atoms with E-state index >= 15 is 0 Å². The van der Waals surface area contributed by atoms with Gasteiger partial charge in [-0.05, 0) is 79.5 Å². The molecular formula is C52H75N9O14. The summed E-state index contributed by atoms with van der Waals surface area (Å²) in [7, 11) is 0. The lowest BCUT2D eigenvalue weighted by atomic mass is 9.99. The Bertz CT molecular complexity index is 2330. The highest BCUT2D eigenvalue weighted by atomic mass is 16.4. The first kappa shape index (κ1) is 60.4. The minimum absolute atomic E-state index is 0.0496. The molecular weight excluding hydrogens is 975 g/mol. The van der Waals surface area contributed by atoms with Crippen molar-refractivity contribution in [2.24, 2.45) is 23.5 Å². The predicted molar refractivity (Wildman–Crippen MR) is 272 cm³/mol. The quantitative estimate of drug-likeness (QED) is 0.0547. The summed E-state index contributed by atoms with van der Waals surface area (Å²) in [5.74, 6) is -9.87. The number of phenols is 1. The molecule has 2 fully saturated rings. The van der Waals surface area contributed by atoms with Crippen molar-refractivity contribution in [2.75, 3.05) is 19.7 Å². The SMILES string of the molecule is CC(C)CC(NC(=O)C1CCCN1C(=O)C(NC(=O)C(Cc1ccc(O)cc1)NC(=O)C(CO)NC(=O)C(CCC(=O)O)NC(=O)C(N)C(C)C)C(C)C)C(=O)NC(Cc1ccccc1)C(=O)N1CCCC1C(=O)O. The van der Waals surface area contributed by atoms with Crippen molar-refractivity contribution in [1.82, 2.24) is 41.7 Å². The monoisotopic (exact) mass is 1050 g/mol. The van der Waals surface area contributed by atoms with E-state index < -0.39 is 139 Å². The van der Waals surface area contributed by atoms with E-state index in [1.807, 2.05) is 13.8 Å². The number of aliphatic hydroxyl groups excluding tert-OH is 1. The number of nitrogens with zero attached hydrogens (tertiary/aromatic N) is 2. The number of amides is 8. The lowest BCUT2D eigenvalue weighted by Crippen LogP contribution is -2.61. The molecule has 2 heterocycles. The van der Waals surface area contributed by atoms with Crippen molar-refractivity contribution in [1.29, 1.82) is 0 Å². The van der Waals surface area contributed by atoms with E-state index in [0.29, 0.717) is 24.0 Å². The lowest BCUT2D eigenvalue weighted by Gasteiger charge is -2.33. The third kappa shape index (κ3) is 17.8. The summed E-state index contributed by atoms with van der Waals surface area (Å²) in [6.45, 7) is 9.62. The first-order valence-corrected chi connectivity index (χ1v) is 25.5. The number of aliphatic carboxylic acids is 2. The number of carbonyl (C=O) groups is 10. The van der Waals surface area contributed by atoms with Crippen molar-refractivity contribution >= 4 is 59.2 Å². The van der Waals surface area contributed by atoms with E-state index in [2.05, 4.69) is 31.9 Å². The second kappa shape index (κ2) is 28.5. The summed E-state index contributed by atoms with van der Waals surface area (Å²) in [6.07, 6.45) is 0.345. The number of hydrogen-bond donors (Lipinski definition) is 11. The highest BCUT2D eigenvalue weighted by Gasteiger charge is 2.42. The maximum Gasteiger partial charge on any atom is 0.326 e. The number of phenolic OH excluding ortho intramolecular Hbond substituents is 1. The van der Waals surface area contributed by atoms with Gasteiger partial charge in [0.2, 0.25) is 47.3 Å². The van der Waals surface area contributed by atoms with Crippen LogP contribution in [0.2, 0.25) is 0 Å². The van der Waals surface area contributed by atoms with E-state index in [-0.39, 0.29) is 62.8 Å². The molecule has 2 aliphatic rings. The molecule has 0 bridgehead atoms. The molecule has 412 valence electrons. The van der Waals surface area contributed by atoms with Crippen LogP contribution in [-0.4, -0.2) is 163 Å². The van der Waals surface area contributed by atoms with Gasteiger partial charge in [-0.3, -0.25) is 43.2 Å². The Morgan fingerprint density at radius 2 is 1.09 bits per heavy atom.